The quantitative estimate of drug-likeness (QED) is 0.475. The zero-order chi connectivity index (χ0) is 22.9. The van der Waals surface area contributed by atoms with Crippen molar-refractivity contribution in [1.82, 2.24) is 4.90 Å². The van der Waals surface area contributed by atoms with Gasteiger partial charge in [0, 0.05) is 23.8 Å². The number of nitrogens with one attached hydrogen (secondary N) is 1. The molecule has 7 nitrogen and oxygen atoms in total. The molecule has 3 rings (SSSR count). The second kappa shape index (κ2) is 11.2. The molecule has 32 heavy (non-hydrogen) atoms. The molecule has 1 heterocycles. The van der Waals surface area contributed by atoms with Gasteiger partial charge in [-0.15, -0.1) is 0 Å². The van der Waals surface area contributed by atoms with E-state index >= 15 is 0 Å². The summed E-state index contributed by atoms with van der Waals surface area (Å²) in [6, 6.07) is 13.9. The molecule has 1 saturated heterocycles. The second-order valence-corrected chi connectivity index (χ2v) is 7.59. The Morgan fingerprint density at radius 3 is 2.62 bits per heavy atom. The summed E-state index contributed by atoms with van der Waals surface area (Å²) < 4.78 is 11.3. The van der Waals surface area contributed by atoms with Crippen LogP contribution in [0.5, 0.6) is 11.5 Å². The van der Waals surface area contributed by atoms with Gasteiger partial charge >= 0.3 is 0 Å². The normalized spacial score (nSPS) is 13.4. The van der Waals surface area contributed by atoms with Crippen LogP contribution < -0.4 is 14.8 Å². The monoisotopic (exact) mass is 453 g/mol. The number of benzene rings is 2. The third-order valence-electron chi connectivity index (χ3n) is 4.79. The highest BCUT2D eigenvalue weighted by Crippen LogP contribution is 2.30. The minimum absolute atomic E-state index is 0.0731. The van der Waals surface area contributed by atoms with Gasteiger partial charge in [0.25, 0.3) is 11.8 Å². The van der Waals surface area contributed by atoms with Crippen LogP contribution in [0.1, 0.15) is 25.3 Å². The lowest BCUT2D eigenvalue weighted by molar-refractivity contribution is -0.125. The molecule has 2 aromatic carbocycles. The van der Waals surface area contributed by atoms with E-state index in [1.165, 1.54) is 0 Å². The highest BCUT2D eigenvalue weighted by molar-refractivity contribution is 6.30. The van der Waals surface area contributed by atoms with E-state index in [4.69, 9.17) is 21.1 Å². The van der Waals surface area contributed by atoms with Crippen LogP contribution in [0.3, 0.4) is 0 Å². The van der Waals surface area contributed by atoms with Crippen molar-refractivity contribution in [2.75, 3.05) is 31.6 Å². The summed E-state index contributed by atoms with van der Waals surface area (Å²) >= 11 is 5.93. The van der Waals surface area contributed by atoms with Crippen molar-refractivity contribution in [2.45, 2.75) is 19.8 Å². The smallest absolute Gasteiger partial charge is 0.264 e. The van der Waals surface area contributed by atoms with Gasteiger partial charge in [-0.25, -0.2) is 0 Å². The summed E-state index contributed by atoms with van der Waals surface area (Å²) in [7, 11) is 0. The van der Waals surface area contributed by atoms with Gasteiger partial charge in [-0.2, -0.15) is 5.26 Å². The number of hydrogen-bond donors (Lipinski definition) is 1. The van der Waals surface area contributed by atoms with E-state index in [1.807, 2.05) is 13.0 Å². The molecule has 1 fully saturated rings. The summed E-state index contributed by atoms with van der Waals surface area (Å²) in [5, 5.41) is 12.7. The molecule has 0 aromatic heterocycles. The molecule has 8 heteroatoms. The molecular formula is C24H24ClN3O4. The number of halogens is 1. The molecule has 2 amide bonds. The number of hydrogen-bond acceptors (Lipinski definition) is 5. The lowest BCUT2D eigenvalue weighted by Gasteiger charge is -2.15. The van der Waals surface area contributed by atoms with Crippen LogP contribution in [-0.2, 0) is 9.59 Å². The largest absolute Gasteiger partial charge is 0.490 e. The maximum absolute atomic E-state index is 12.5. The Bertz CT molecular complexity index is 1060. The summed E-state index contributed by atoms with van der Waals surface area (Å²) in [5.41, 5.74) is 1.28. The van der Waals surface area contributed by atoms with E-state index in [-0.39, 0.29) is 24.0 Å². The van der Waals surface area contributed by atoms with Crippen molar-refractivity contribution >= 4 is 35.2 Å². The van der Waals surface area contributed by atoms with E-state index < -0.39 is 0 Å². The van der Waals surface area contributed by atoms with Crippen LogP contribution in [0.15, 0.2) is 48.0 Å². The minimum Gasteiger partial charge on any atom is -0.490 e. The molecular weight excluding hydrogens is 430 g/mol. The lowest BCUT2D eigenvalue weighted by atomic mass is 10.1. The third-order valence-corrected chi connectivity index (χ3v) is 5.02. The number of rotatable bonds is 8. The summed E-state index contributed by atoms with van der Waals surface area (Å²) in [4.78, 5) is 26.4. The van der Waals surface area contributed by atoms with Crippen molar-refractivity contribution in [1.29, 1.82) is 5.26 Å². The first-order valence-electron chi connectivity index (χ1n) is 10.4. The summed E-state index contributed by atoms with van der Waals surface area (Å²) in [6.07, 6.45) is 3.45. The van der Waals surface area contributed by atoms with E-state index in [2.05, 4.69) is 5.32 Å². The van der Waals surface area contributed by atoms with Gasteiger partial charge in [0.15, 0.2) is 18.1 Å². The molecule has 0 saturated carbocycles. The predicted octanol–water partition coefficient (Wildman–Crippen LogP) is 4.29. The van der Waals surface area contributed by atoms with Gasteiger partial charge in [0.2, 0.25) is 0 Å². The molecule has 0 unspecified atom stereocenters. The molecule has 166 valence electrons. The van der Waals surface area contributed by atoms with Gasteiger partial charge in [-0.3, -0.25) is 9.59 Å². The first-order valence-corrected chi connectivity index (χ1v) is 10.7. The predicted molar refractivity (Wildman–Crippen MR) is 123 cm³/mol. The Morgan fingerprint density at radius 2 is 1.94 bits per heavy atom. The van der Waals surface area contributed by atoms with Crippen LogP contribution in [-0.4, -0.2) is 43.0 Å². The van der Waals surface area contributed by atoms with Crippen LogP contribution in [0, 0.1) is 11.3 Å². The van der Waals surface area contributed by atoms with Gasteiger partial charge in [0.1, 0.15) is 11.6 Å². The molecule has 0 bridgehead atoms. The molecule has 1 aliphatic rings. The first kappa shape index (κ1) is 23.2. The zero-order valence-electron chi connectivity index (χ0n) is 17.8. The Kier molecular flexibility index (Phi) is 8.12. The van der Waals surface area contributed by atoms with E-state index in [9.17, 15) is 14.9 Å². The van der Waals surface area contributed by atoms with Gasteiger partial charge in [-0.05, 0) is 61.7 Å². The molecule has 1 aliphatic heterocycles. The molecule has 1 N–H and O–H groups in total. The van der Waals surface area contributed by atoms with E-state index in [0.29, 0.717) is 47.5 Å². The van der Waals surface area contributed by atoms with Crippen molar-refractivity contribution < 1.29 is 19.1 Å². The van der Waals surface area contributed by atoms with Gasteiger partial charge in [0.05, 0.1) is 6.61 Å². The summed E-state index contributed by atoms with van der Waals surface area (Å²) in [6.45, 7) is 3.34. The Hall–Kier alpha value is -3.50. The lowest BCUT2D eigenvalue weighted by Crippen LogP contribution is -2.28. The number of carbonyl (C=O) groups is 2. The topological polar surface area (TPSA) is 91.7 Å². The molecule has 0 spiro atoms. The Balaban J connectivity index is 1.70. The maximum Gasteiger partial charge on any atom is 0.264 e. The fourth-order valence-electron chi connectivity index (χ4n) is 3.31. The summed E-state index contributed by atoms with van der Waals surface area (Å²) in [5.74, 6) is 0.194. The Labute approximate surface area is 192 Å². The van der Waals surface area contributed by atoms with Crippen LogP contribution in [0.25, 0.3) is 6.08 Å². The number of nitrogens with zero attached hydrogens (tertiary/aromatic N) is 2. The highest BCUT2D eigenvalue weighted by Gasteiger charge is 2.21. The van der Waals surface area contributed by atoms with E-state index in [1.54, 1.807) is 53.4 Å². The first-order chi connectivity index (χ1) is 15.5. The molecule has 2 aromatic rings. The number of likely N-dealkylation sites (tertiary alicyclic amines) is 1. The standard InChI is InChI=1S/C24H24ClN3O4/c1-2-31-22-13-17(12-18(15-26)24(30)28-10-3-4-11-28)8-9-21(22)32-16-23(29)27-20-7-5-6-19(25)14-20/h5-9,12-14H,2-4,10-11,16H2,1H3,(H,27,29)/b18-12+. The molecule has 0 aliphatic carbocycles. The SMILES string of the molecule is CCOc1cc(/C=C(\C#N)C(=O)N2CCCC2)ccc1OCC(=O)Nc1cccc(Cl)c1. The molecule has 0 atom stereocenters. The minimum atomic E-state index is -0.346. The van der Waals surface area contributed by atoms with Crippen molar-refractivity contribution in [3.8, 4) is 17.6 Å². The zero-order valence-corrected chi connectivity index (χ0v) is 18.5. The number of carbonyl (C=O) groups excluding carboxylic acids is 2. The van der Waals surface area contributed by atoms with Crippen LogP contribution >= 0.6 is 11.6 Å². The third kappa shape index (κ3) is 6.25. The highest BCUT2D eigenvalue weighted by atomic mass is 35.5. The van der Waals surface area contributed by atoms with E-state index in [0.717, 1.165) is 12.8 Å². The van der Waals surface area contributed by atoms with Crippen molar-refractivity contribution in [3.63, 3.8) is 0 Å². The molecule has 0 radical (unpaired) electrons. The van der Waals surface area contributed by atoms with Crippen LogP contribution in [0.4, 0.5) is 5.69 Å². The number of ether oxygens (including phenoxy) is 2. The van der Waals surface area contributed by atoms with Crippen molar-refractivity contribution in [3.05, 3.63) is 58.6 Å². The number of nitriles is 1. The average molecular weight is 454 g/mol. The fraction of sp³-hybridized carbons (Fsp3) is 0.292. The number of amides is 2. The number of anilines is 1. The van der Waals surface area contributed by atoms with Crippen LogP contribution in [0.2, 0.25) is 5.02 Å². The van der Waals surface area contributed by atoms with Gasteiger partial charge in [-0.1, -0.05) is 23.7 Å². The second-order valence-electron chi connectivity index (χ2n) is 7.16. The van der Waals surface area contributed by atoms with Crippen molar-refractivity contribution in [2.24, 2.45) is 0 Å². The fourth-order valence-corrected chi connectivity index (χ4v) is 3.50. The Morgan fingerprint density at radius 1 is 1.16 bits per heavy atom. The maximum atomic E-state index is 12.5. The average Bonchev–Trinajstić information content (AvgIpc) is 3.31. The van der Waals surface area contributed by atoms with Gasteiger partial charge < -0.3 is 19.7 Å².